The minimum absolute atomic E-state index is 0.0902. The predicted octanol–water partition coefficient (Wildman–Crippen LogP) is 3.59. The average Bonchev–Trinajstić information content (AvgIpc) is 2.83. The Morgan fingerprint density at radius 2 is 2.14 bits per heavy atom. The molecule has 0 saturated carbocycles. The van der Waals surface area contributed by atoms with Gasteiger partial charge in [-0.3, -0.25) is 9.59 Å². The van der Waals surface area contributed by atoms with Crippen molar-refractivity contribution in [3.05, 3.63) is 67.4 Å². The van der Waals surface area contributed by atoms with E-state index in [9.17, 15) is 14.0 Å². The fraction of sp³-hybridized carbons (Fsp3) is 0.375. The van der Waals surface area contributed by atoms with Gasteiger partial charge in [0, 0.05) is 29.7 Å². The van der Waals surface area contributed by atoms with Gasteiger partial charge in [-0.15, -0.1) is 0 Å². The van der Waals surface area contributed by atoms with Crippen molar-refractivity contribution in [2.75, 3.05) is 38.1 Å². The second-order valence-electron chi connectivity index (χ2n) is 8.69. The van der Waals surface area contributed by atoms with Gasteiger partial charge in [-0.2, -0.15) is 0 Å². The van der Waals surface area contributed by atoms with Crippen LogP contribution in [0.1, 0.15) is 36.0 Å². The van der Waals surface area contributed by atoms with Gasteiger partial charge in [-0.1, -0.05) is 23.2 Å². The molecule has 8 nitrogen and oxygen atoms in total. The van der Waals surface area contributed by atoms with Crippen molar-refractivity contribution in [2.24, 2.45) is 0 Å². The number of hydrogen-bond donors (Lipinski definition) is 3. The number of aromatic nitrogens is 2. The Morgan fingerprint density at radius 3 is 2.91 bits per heavy atom. The van der Waals surface area contributed by atoms with E-state index in [-0.39, 0.29) is 29.6 Å². The van der Waals surface area contributed by atoms with E-state index in [4.69, 9.17) is 27.9 Å². The molecule has 1 fully saturated rings. The highest BCUT2D eigenvalue weighted by atomic mass is 35.5. The van der Waals surface area contributed by atoms with Gasteiger partial charge in [0.25, 0.3) is 5.56 Å². The summed E-state index contributed by atoms with van der Waals surface area (Å²) in [4.78, 5) is 34.4. The monoisotopic (exact) mass is 519 g/mol. The van der Waals surface area contributed by atoms with Crippen molar-refractivity contribution in [2.45, 2.75) is 25.5 Å². The summed E-state index contributed by atoms with van der Waals surface area (Å²) in [7, 11) is 0. The van der Waals surface area contributed by atoms with Crippen molar-refractivity contribution >= 4 is 45.7 Å². The molecule has 2 atom stereocenters. The Kier molecular flexibility index (Phi) is 6.67. The second-order valence-corrected chi connectivity index (χ2v) is 9.53. The van der Waals surface area contributed by atoms with E-state index < -0.39 is 17.5 Å². The third kappa shape index (κ3) is 4.73. The Bertz CT molecular complexity index is 1360. The SMILES string of the molecule is CC1c2c(Cl)cc(Cl)cc2CCN1C(=O)CNc1cc2nc([C@H]3CNCCO3)[nH]c(=O)c2cc1F. The third-order valence-corrected chi connectivity index (χ3v) is 7.01. The normalized spacial score (nSPS) is 20.1. The van der Waals surface area contributed by atoms with Gasteiger partial charge in [-0.25, -0.2) is 9.37 Å². The zero-order chi connectivity index (χ0) is 24.7. The number of amides is 1. The highest BCUT2D eigenvalue weighted by Crippen LogP contribution is 2.37. The standard InChI is InChI=1S/C24H24Cl2FN5O3/c1-12-22-13(6-14(25)7-16(22)26)2-4-32(12)21(33)11-29-19-9-18-15(8-17(19)27)24(34)31-23(30-18)20-10-28-3-5-35-20/h6-9,12,20,28-29H,2-5,10-11H2,1H3,(H,30,31,34)/t12?,20-/m1/s1. The van der Waals surface area contributed by atoms with E-state index in [0.717, 1.165) is 23.7 Å². The molecule has 2 aromatic carbocycles. The molecule has 1 aromatic heterocycles. The van der Waals surface area contributed by atoms with Crippen LogP contribution >= 0.6 is 23.2 Å². The lowest BCUT2D eigenvalue weighted by Crippen LogP contribution is -2.42. The van der Waals surface area contributed by atoms with Crippen LogP contribution in [0.4, 0.5) is 10.1 Å². The maximum Gasteiger partial charge on any atom is 0.258 e. The van der Waals surface area contributed by atoms with Crippen molar-refractivity contribution in [3.63, 3.8) is 0 Å². The number of hydrogen-bond acceptors (Lipinski definition) is 6. The maximum atomic E-state index is 14.8. The van der Waals surface area contributed by atoms with Crippen molar-refractivity contribution in [1.82, 2.24) is 20.2 Å². The zero-order valence-corrected chi connectivity index (χ0v) is 20.5. The van der Waals surface area contributed by atoms with Crippen LogP contribution in [0.25, 0.3) is 10.9 Å². The van der Waals surface area contributed by atoms with Crippen molar-refractivity contribution < 1.29 is 13.9 Å². The fourth-order valence-corrected chi connectivity index (χ4v) is 5.42. The molecule has 3 heterocycles. The lowest BCUT2D eigenvalue weighted by atomic mass is 9.93. The molecule has 184 valence electrons. The Morgan fingerprint density at radius 1 is 1.31 bits per heavy atom. The van der Waals surface area contributed by atoms with Crippen LogP contribution in [-0.2, 0) is 16.0 Å². The molecule has 0 radical (unpaired) electrons. The molecule has 3 N–H and O–H groups in total. The smallest absolute Gasteiger partial charge is 0.258 e. The summed E-state index contributed by atoms with van der Waals surface area (Å²) in [5, 5.41) is 7.27. The van der Waals surface area contributed by atoms with E-state index in [0.29, 0.717) is 47.5 Å². The van der Waals surface area contributed by atoms with Gasteiger partial charge in [0.05, 0.1) is 35.8 Å². The van der Waals surface area contributed by atoms with E-state index >= 15 is 0 Å². The van der Waals surface area contributed by atoms with E-state index in [1.807, 2.05) is 13.0 Å². The Hall–Kier alpha value is -2.72. The van der Waals surface area contributed by atoms with Crippen LogP contribution in [0, 0.1) is 5.82 Å². The molecule has 1 unspecified atom stereocenters. The molecule has 1 amide bonds. The van der Waals surface area contributed by atoms with E-state index in [1.54, 1.807) is 11.0 Å². The molecule has 3 aromatic rings. The number of benzene rings is 2. The second kappa shape index (κ2) is 9.73. The number of fused-ring (bicyclic) bond motifs is 2. The number of rotatable bonds is 4. The zero-order valence-electron chi connectivity index (χ0n) is 19.0. The average molecular weight is 520 g/mol. The van der Waals surface area contributed by atoms with Crippen molar-refractivity contribution in [1.29, 1.82) is 0 Å². The molecular weight excluding hydrogens is 496 g/mol. The topological polar surface area (TPSA) is 99.3 Å². The minimum Gasteiger partial charge on any atom is -0.374 e. The van der Waals surface area contributed by atoms with Crippen LogP contribution in [0.5, 0.6) is 0 Å². The van der Waals surface area contributed by atoms with Crippen molar-refractivity contribution in [3.8, 4) is 0 Å². The summed E-state index contributed by atoms with van der Waals surface area (Å²) in [5.41, 5.74) is 1.86. The Labute approximate surface area is 210 Å². The number of morpholine rings is 1. The van der Waals surface area contributed by atoms with Gasteiger partial charge in [0.1, 0.15) is 17.7 Å². The van der Waals surface area contributed by atoms with Crippen LogP contribution in [0.2, 0.25) is 10.0 Å². The van der Waals surface area contributed by atoms with Crippen LogP contribution in [0.3, 0.4) is 0 Å². The summed E-state index contributed by atoms with van der Waals surface area (Å²) >= 11 is 12.5. The highest BCUT2D eigenvalue weighted by Gasteiger charge is 2.29. The first-order valence-electron chi connectivity index (χ1n) is 11.4. The molecule has 2 aliphatic rings. The van der Waals surface area contributed by atoms with E-state index in [1.165, 1.54) is 6.07 Å². The maximum absolute atomic E-state index is 14.8. The first-order chi connectivity index (χ1) is 16.8. The largest absolute Gasteiger partial charge is 0.374 e. The number of nitrogens with zero attached hydrogens (tertiary/aromatic N) is 2. The number of nitrogens with one attached hydrogen (secondary N) is 3. The number of H-pyrrole nitrogens is 1. The lowest BCUT2D eigenvalue weighted by molar-refractivity contribution is -0.131. The highest BCUT2D eigenvalue weighted by molar-refractivity contribution is 6.35. The van der Waals surface area contributed by atoms with Crippen LogP contribution in [0.15, 0.2) is 29.1 Å². The van der Waals surface area contributed by atoms with Gasteiger partial charge in [-0.05, 0) is 48.7 Å². The van der Waals surface area contributed by atoms with Gasteiger partial charge < -0.3 is 25.3 Å². The summed E-state index contributed by atoms with van der Waals surface area (Å²) in [5.74, 6) is -0.466. The van der Waals surface area contributed by atoms with Gasteiger partial charge in [0.2, 0.25) is 5.91 Å². The number of carbonyl (C=O) groups is 1. The summed E-state index contributed by atoms with van der Waals surface area (Å²) in [6.07, 6.45) is 0.234. The first-order valence-corrected chi connectivity index (χ1v) is 12.1. The molecule has 0 bridgehead atoms. The van der Waals surface area contributed by atoms with Crippen LogP contribution in [-0.4, -0.2) is 53.6 Å². The minimum atomic E-state index is -0.643. The molecule has 1 saturated heterocycles. The number of ether oxygens (including phenoxy) is 1. The molecule has 5 rings (SSSR count). The molecule has 0 spiro atoms. The molecule has 0 aliphatic carbocycles. The third-order valence-electron chi connectivity index (χ3n) is 6.48. The molecule has 2 aliphatic heterocycles. The fourth-order valence-electron chi connectivity index (χ4n) is 4.72. The first kappa shape index (κ1) is 24.0. The summed E-state index contributed by atoms with van der Waals surface area (Å²) < 4.78 is 20.4. The molecule has 11 heteroatoms. The van der Waals surface area contributed by atoms with E-state index in [2.05, 4.69) is 20.6 Å². The molecular formula is C24H24Cl2FN5O3. The Balaban J connectivity index is 1.35. The summed E-state index contributed by atoms with van der Waals surface area (Å²) in [6.45, 7) is 4.03. The number of carbonyl (C=O) groups excluding carboxylic acids is 1. The van der Waals surface area contributed by atoms with Gasteiger partial charge >= 0.3 is 0 Å². The number of aromatic amines is 1. The molecule has 35 heavy (non-hydrogen) atoms. The van der Waals surface area contributed by atoms with Gasteiger partial charge in [0.15, 0.2) is 0 Å². The quantitative estimate of drug-likeness (QED) is 0.487. The predicted molar refractivity (Wildman–Crippen MR) is 133 cm³/mol. The summed E-state index contributed by atoms with van der Waals surface area (Å²) in [6, 6.07) is 5.88. The number of halogens is 3. The lowest BCUT2D eigenvalue weighted by Gasteiger charge is -2.36. The number of anilines is 1. The van der Waals surface area contributed by atoms with Crippen LogP contribution < -0.4 is 16.2 Å².